The molecule has 0 aromatic heterocycles. The molecule has 0 bridgehead atoms. The Kier molecular flexibility index (Phi) is 48.2. The molecule has 13 amide bonds. The lowest BCUT2D eigenvalue weighted by molar-refractivity contribution is -0.143. The van der Waals surface area contributed by atoms with E-state index in [2.05, 4.69) is 69.1 Å². The molecular weight excluding hydrogens is 1550 g/mol. The van der Waals surface area contributed by atoms with Crippen molar-refractivity contribution in [2.75, 3.05) is 25.2 Å². The van der Waals surface area contributed by atoms with E-state index >= 15 is 0 Å². The van der Waals surface area contributed by atoms with Gasteiger partial charge in [-0.25, -0.2) is 4.79 Å². The Bertz CT molecular complexity index is 3470. The number of aliphatic carboxylic acids is 5. The fraction of sp³-hybridized carbons (Fsp3) is 0.676. The van der Waals surface area contributed by atoms with E-state index in [1.807, 2.05) is 0 Å². The van der Waals surface area contributed by atoms with Gasteiger partial charge < -0.3 is 121 Å². The molecule has 1 aromatic carbocycles. The van der Waals surface area contributed by atoms with Crippen LogP contribution in [0.25, 0.3) is 0 Å². The number of thioether (sulfide) groups is 1. The van der Waals surface area contributed by atoms with E-state index in [9.17, 15) is 127 Å². The molecule has 17 atom stereocenters. The molecule has 42 heteroatoms. The second-order valence-electron chi connectivity index (χ2n) is 29.3. The SMILES string of the molecule is CCC(O)[C@H](NC(=O)[C@@H](N)CCCN)C(=O)N[C@@H](CCC(=O)O)C(=O)N[C@@H](CCC(=O)O)C(=O)N[C@H](C(=O)N[C@@H](CO)C(=O)N[C@@H](CCC(=O)O)C(=O)N[C@H](C(=O)N[C@@H](CCSC)C(=O)N[C@@H](CC(C)C)[C@@H](O)CC(=O)N[C@H](C(=O)N[C@@H](C)C(=O)N[C@@H](CCC(=O)O)C(=O)N[C@@H](Cc1ccccc1)C(=O)O)C(C)C)C(C)C)[C@@H](C)CC. The molecule has 0 saturated carbocycles. The number of amides is 13. The van der Waals surface area contributed by atoms with Crippen LogP contribution in [0.4, 0.5) is 0 Å². The van der Waals surface area contributed by atoms with Crippen molar-refractivity contribution in [2.45, 2.75) is 269 Å². The molecule has 0 aliphatic rings. The van der Waals surface area contributed by atoms with Crippen LogP contribution in [-0.4, -0.2) is 269 Å². The van der Waals surface area contributed by atoms with Crippen molar-refractivity contribution in [3.8, 4) is 0 Å². The average molecular weight is 1670 g/mol. The van der Waals surface area contributed by atoms with Crippen LogP contribution >= 0.6 is 11.8 Å². The number of aliphatic hydroxyl groups is 3. The minimum absolute atomic E-state index is 0.0417. The highest BCUT2D eigenvalue weighted by molar-refractivity contribution is 7.98. The van der Waals surface area contributed by atoms with Crippen LogP contribution in [0.1, 0.15) is 171 Å². The van der Waals surface area contributed by atoms with Gasteiger partial charge in [0.15, 0.2) is 0 Å². The molecule has 0 spiro atoms. The van der Waals surface area contributed by atoms with Crippen molar-refractivity contribution in [3.05, 3.63) is 35.9 Å². The predicted octanol–water partition coefficient (Wildman–Crippen LogP) is -4.17. The largest absolute Gasteiger partial charge is 0.481 e. The highest BCUT2D eigenvalue weighted by Crippen LogP contribution is 2.18. The zero-order valence-corrected chi connectivity index (χ0v) is 68.2. The maximum atomic E-state index is 14.4. The van der Waals surface area contributed by atoms with Crippen LogP contribution in [0.2, 0.25) is 0 Å². The number of hydrogen-bond acceptors (Lipinski definition) is 24. The summed E-state index contributed by atoms with van der Waals surface area (Å²) in [6.45, 7) is 14.3. The van der Waals surface area contributed by atoms with E-state index in [4.69, 9.17) is 11.5 Å². The van der Waals surface area contributed by atoms with E-state index in [-0.39, 0.29) is 56.7 Å². The van der Waals surface area contributed by atoms with Crippen molar-refractivity contribution < 1.29 is 127 Å². The van der Waals surface area contributed by atoms with Crippen molar-refractivity contribution in [3.63, 3.8) is 0 Å². The lowest BCUT2D eigenvalue weighted by Gasteiger charge is -2.30. The zero-order valence-electron chi connectivity index (χ0n) is 67.4. The first kappa shape index (κ1) is 104. The van der Waals surface area contributed by atoms with Gasteiger partial charge >= 0.3 is 29.8 Å². The van der Waals surface area contributed by atoms with Gasteiger partial charge in [0.2, 0.25) is 76.8 Å². The topological polar surface area (TPSA) is 678 Å². The summed E-state index contributed by atoms with van der Waals surface area (Å²) >= 11 is 1.28. The van der Waals surface area contributed by atoms with E-state index < -0.39 is 286 Å². The Hall–Kier alpha value is -10.2. The van der Waals surface area contributed by atoms with E-state index in [1.165, 1.54) is 46.4 Å². The van der Waals surface area contributed by atoms with Crippen LogP contribution < -0.4 is 80.6 Å². The quantitative estimate of drug-likeness (QED) is 0.0294. The predicted molar refractivity (Wildman–Crippen MR) is 418 cm³/mol. The summed E-state index contributed by atoms with van der Waals surface area (Å²) in [7, 11) is 0. The first-order valence-corrected chi connectivity index (χ1v) is 39.8. The van der Waals surface area contributed by atoms with Crippen LogP contribution in [0.3, 0.4) is 0 Å². The molecule has 1 rings (SSSR count). The Morgan fingerprint density at radius 1 is 0.414 bits per heavy atom. The number of carboxylic acids is 5. The number of aliphatic hydroxyl groups excluding tert-OH is 3. The summed E-state index contributed by atoms with van der Waals surface area (Å²) in [4.78, 5) is 240. The molecular formula is C74H121N15O26S. The van der Waals surface area contributed by atoms with Crippen molar-refractivity contribution in [1.29, 1.82) is 0 Å². The third-order valence-electron chi connectivity index (χ3n) is 18.5. The van der Waals surface area contributed by atoms with Gasteiger partial charge in [0.25, 0.3) is 0 Å². The highest BCUT2D eigenvalue weighted by atomic mass is 32.2. The molecule has 654 valence electrons. The normalized spacial score (nSPS) is 15.7. The van der Waals surface area contributed by atoms with Crippen LogP contribution in [-0.2, 0) is 92.7 Å². The second-order valence-corrected chi connectivity index (χ2v) is 30.3. The molecule has 41 nitrogen and oxygen atoms in total. The summed E-state index contributed by atoms with van der Waals surface area (Å²) in [5.41, 5.74) is 12.0. The Labute approximate surface area is 676 Å². The van der Waals surface area contributed by atoms with Gasteiger partial charge in [0.05, 0.1) is 37.3 Å². The number of benzene rings is 1. The maximum absolute atomic E-state index is 14.4. The summed E-state index contributed by atoms with van der Waals surface area (Å²) in [5.74, 6) is -23.3. The third kappa shape index (κ3) is 39.0. The van der Waals surface area contributed by atoms with Crippen LogP contribution in [0.15, 0.2) is 30.3 Å². The van der Waals surface area contributed by atoms with Crippen molar-refractivity contribution in [1.82, 2.24) is 69.1 Å². The molecule has 0 aliphatic carbocycles. The first-order valence-electron chi connectivity index (χ1n) is 38.4. The minimum Gasteiger partial charge on any atom is -0.481 e. The molecule has 0 fully saturated rings. The van der Waals surface area contributed by atoms with Crippen LogP contribution in [0, 0.1) is 23.7 Å². The first-order chi connectivity index (χ1) is 54.4. The van der Waals surface area contributed by atoms with Gasteiger partial charge in [0.1, 0.15) is 72.5 Å². The van der Waals surface area contributed by atoms with Crippen molar-refractivity contribution >= 4 is 118 Å². The number of carbonyl (C=O) groups excluding carboxylic acids is 13. The van der Waals surface area contributed by atoms with Crippen molar-refractivity contribution in [2.24, 2.45) is 35.1 Å². The van der Waals surface area contributed by atoms with Crippen LogP contribution in [0.5, 0.6) is 0 Å². The lowest BCUT2D eigenvalue weighted by Crippen LogP contribution is -2.62. The Morgan fingerprint density at radius 3 is 1.22 bits per heavy atom. The molecule has 25 N–H and O–H groups in total. The fourth-order valence-corrected chi connectivity index (χ4v) is 11.9. The fourth-order valence-electron chi connectivity index (χ4n) is 11.4. The summed E-state index contributed by atoms with van der Waals surface area (Å²) in [6.07, 6.45) is -7.49. The standard InChI is InChI=1S/C74H121N15O26S/c1-12-39(9)60(88-68(108)46(24-28-57(100)101)79-64(104)44(22-26-55(96)97)81-73(113)61(51(91)13-2)89-63(103)42(76)20-17-30-75)72(112)85-50(35-90)69(109)80-45(23-27-56(98)99)67(107)87-59(38(7)8)71(111)82-47(29-31-116-11)66(106)83-48(32-36(3)4)52(92)34-53(93)86-58(37(5)6)70(110)77-40(10)62(102)78-43(21-25-54(94)95)65(105)84-49(74(114)115)33-41-18-15-14-16-19-41/h14-16,18-19,36-40,42-52,58-61,90-92H,12-13,17,20-35,75-76H2,1-11H3,(H,77,110)(H,78,102)(H,79,104)(H,80,109)(H,81,113)(H,82,111)(H,83,106)(H,84,105)(H,85,112)(H,86,93)(H,87,107)(H,88,108)(H,89,103)(H,94,95)(H,96,97)(H,98,99)(H,100,101)(H,114,115)/t39-,40-,42-,43-,44-,45-,46-,47-,48-,49-,50-,51?,52-,58-,59-,60-,61-/m0/s1. The van der Waals surface area contributed by atoms with Gasteiger partial charge in [-0.2, -0.15) is 11.8 Å². The second kappa shape index (κ2) is 53.9. The number of nitrogens with two attached hydrogens (primary N) is 2. The number of carbonyl (C=O) groups is 18. The third-order valence-corrected chi connectivity index (χ3v) is 19.1. The smallest absolute Gasteiger partial charge is 0.326 e. The number of rotatable bonds is 58. The maximum Gasteiger partial charge on any atom is 0.326 e. The lowest BCUT2D eigenvalue weighted by atomic mass is 9.95. The molecule has 1 unspecified atom stereocenters. The monoisotopic (exact) mass is 1670 g/mol. The average Bonchev–Trinajstić information content (AvgIpc) is 0.849. The summed E-state index contributed by atoms with van der Waals surface area (Å²) in [6, 6.07) is -13.9. The molecule has 0 aliphatic heterocycles. The van der Waals surface area contributed by atoms with Gasteiger partial charge in [-0.15, -0.1) is 0 Å². The van der Waals surface area contributed by atoms with Gasteiger partial charge in [0, 0.05) is 32.1 Å². The molecule has 1 aromatic rings. The molecule has 0 radical (unpaired) electrons. The molecule has 0 saturated heterocycles. The van der Waals surface area contributed by atoms with E-state index in [0.29, 0.717) is 12.0 Å². The highest BCUT2D eigenvalue weighted by Gasteiger charge is 2.40. The Balaban J connectivity index is 3.48. The zero-order chi connectivity index (χ0) is 88.4. The van der Waals surface area contributed by atoms with Gasteiger partial charge in [-0.3, -0.25) is 81.5 Å². The van der Waals surface area contributed by atoms with E-state index in [0.717, 1.165) is 0 Å². The Morgan fingerprint density at radius 2 is 0.793 bits per heavy atom. The number of hydrogen-bond donors (Lipinski definition) is 23. The van der Waals surface area contributed by atoms with E-state index in [1.54, 1.807) is 71.2 Å². The number of nitrogens with one attached hydrogen (secondary N) is 13. The minimum atomic E-state index is -1.99. The van der Waals surface area contributed by atoms with Gasteiger partial charge in [-0.05, 0) is 112 Å². The molecule has 0 heterocycles. The summed E-state index contributed by atoms with van der Waals surface area (Å²) < 4.78 is 0. The summed E-state index contributed by atoms with van der Waals surface area (Å²) in [5, 5.41) is 112. The molecule has 116 heavy (non-hydrogen) atoms. The number of carboxylic acid groups (broad SMARTS) is 5. The van der Waals surface area contributed by atoms with Gasteiger partial charge in [-0.1, -0.05) is 99.1 Å².